The second kappa shape index (κ2) is 6.27. The fourth-order valence-corrected chi connectivity index (χ4v) is 1.94. The first-order valence-electron chi connectivity index (χ1n) is 5.64. The van der Waals surface area contributed by atoms with E-state index < -0.39 is 11.9 Å². The van der Waals surface area contributed by atoms with Crippen molar-refractivity contribution in [2.45, 2.75) is 6.54 Å². The van der Waals surface area contributed by atoms with E-state index in [2.05, 4.69) is 5.92 Å². The van der Waals surface area contributed by atoms with Crippen molar-refractivity contribution in [3.63, 3.8) is 0 Å². The Kier molecular flexibility index (Phi) is 4.95. The van der Waals surface area contributed by atoms with Gasteiger partial charge in [-0.05, 0) is 23.1 Å². The molecule has 104 valence electrons. The molecular weight excluding hydrogens is 281 g/mol. The average Bonchev–Trinajstić information content (AvgIpc) is 2.38. The van der Waals surface area contributed by atoms with Gasteiger partial charge < -0.3 is 10.0 Å². The smallest absolute Gasteiger partial charge is 0.407 e. The first-order valence-corrected chi connectivity index (χ1v) is 5.64. The minimum absolute atomic E-state index is 0. The van der Waals surface area contributed by atoms with E-state index in [1.807, 2.05) is 6.07 Å². The van der Waals surface area contributed by atoms with E-state index in [4.69, 9.17) is 11.5 Å². The summed E-state index contributed by atoms with van der Waals surface area (Å²) in [5.41, 5.74) is 1.06. The fourth-order valence-electron chi connectivity index (χ4n) is 1.94. The number of hydrogen-bond donors (Lipinski definition) is 1. The van der Waals surface area contributed by atoms with E-state index >= 15 is 0 Å². The van der Waals surface area contributed by atoms with E-state index in [0.29, 0.717) is 5.39 Å². The van der Waals surface area contributed by atoms with Crippen LogP contribution in [0.1, 0.15) is 11.1 Å². The Hall–Kier alpha value is -2.25. The van der Waals surface area contributed by atoms with E-state index in [-0.39, 0.29) is 24.5 Å². The molecule has 2 aromatic carbocycles. The van der Waals surface area contributed by atoms with Gasteiger partial charge in [0.1, 0.15) is 5.82 Å². The molecule has 2 rings (SSSR count). The van der Waals surface area contributed by atoms with Crippen LogP contribution in [0.3, 0.4) is 0 Å². The van der Waals surface area contributed by atoms with Gasteiger partial charge in [0, 0.05) is 19.0 Å². The predicted molar refractivity (Wildman–Crippen MR) is 78.6 cm³/mol. The van der Waals surface area contributed by atoms with Crippen LogP contribution < -0.4 is 0 Å². The van der Waals surface area contributed by atoms with Crippen LogP contribution in [0, 0.1) is 18.2 Å². The van der Waals surface area contributed by atoms with Crippen LogP contribution >= 0.6 is 12.4 Å². The molecule has 0 bridgehead atoms. The highest BCUT2D eigenvalue weighted by atomic mass is 35.5. The molecule has 0 aliphatic heterocycles. The normalized spacial score (nSPS) is 9.65. The lowest BCUT2D eigenvalue weighted by Gasteiger charge is -2.13. The Bertz CT molecular complexity index is 694. The summed E-state index contributed by atoms with van der Waals surface area (Å²) in [5.74, 6) is 1.91. The van der Waals surface area contributed by atoms with Gasteiger partial charge in [-0.1, -0.05) is 24.1 Å². The summed E-state index contributed by atoms with van der Waals surface area (Å²) in [6, 6.07) is 8.24. The molecule has 0 heterocycles. The molecule has 1 amide bonds. The zero-order valence-corrected chi connectivity index (χ0v) is 11.6. The van der Waals surface area contributed by atoms with Crippen LogP contribution in [0.4, 0.5) is 9.18 Å². The molecule has 0 spiro atoms. The molecule has 3 nitrogen and oxygen atoms in total. The molecule has 20 heavy (non-hydrogen) atoms. The second-order valence-corrected chi connectivity index (χ2v) is 4.26. The van der Waals surface area contributed by atoms with Gasteiger partial charge >= 0.3 is 6.09 Å². The van der Waals surface area contributed by atoms with Crippen molar-refractivity contribution >= 4 is 29.3 Å². The number of terminal acetylenes is 1. The highest BCUT2D eigenvalue weighted by Crippen LogP contribution is 2.22. The Balaban J connectivity index is 0.00000200. The maximum Gasteiger partial charge on any atom is 0.407 e. The van der Waals surface area contributed by atoms with Crippen LogP contribution in [0.2, 0.25) is 0 Å². The second-order valence-electron chi connectivity index (χ2n) is 4.26. The van der Waals surface area contributed by atoms with Gasteiger partial charge in [-0.2, -0.15) is 0 Å². The number of carboxylic acid groups (broad SMARTS) is 1. The topological polar surface area (TPSA) is 40.5 Å². The van der Waals surface area contributed by atoms with Crippen molar-refractivity contribution in [1.29, 1.82) is 0 Å². The van der Waals surface area contributed by atoms with Crippen molar-refractivity contribution < 1.29 is 14.3 Å². The average molecular weight is 294 g/mol. The summed E-state index contributed by atoms with van der Waals surface area (Å²) in [6.45, 7) is 0.272. The highest BCUT2D eigenvalue weighted by molar-refractivity contribution is 5.89. The predicted octanol–water partition coefficient (Wildman–Crippen LogP) is 3.49. The molecule has 0 aliphatic rings. The van der Waals surface area contributed by atoms with Gasteiger partial charge in [-0.15, -0.1) is 18.8 Å². The molecule has 1 N–H and O–H groups in total. The van der Waals surface area contributed by atoms with Crippen LogP contribution in [0.15, 0.2) is 30.3 Å². The van der Waals surface area contributed by atoms with Crippen LogP contribution in [0.25, 0.3) is 10.8 Å². The maximum absolute atomic E-state index is 13.5. The lowest BCUT2D eigenvalue weighted by Crippen LogP contribution is -2.23. The third-order valence-corrected chi connectivity index (χ3v) is 2.92. The first-order chi connectivity index (χ1) is 9.02. The minimum Gasteiger partial charge on any atom is -0.465 e. The molecule has 0 aromatic heterocycles. The lowest BCUT2D eigenvalue weighted by atomic mass is 10.0. The van der Waals surface area contributed by atoms with Crippen molar-refractivity contribution in [3.05, 3.63) is 47.3 Å². The Labute approximate surface area is 122 Å². The summed E-state index contributed by atoms with van der Waals surface area (Å²) in [6.07, 6.45) is 4.30. The van der Waals surface area contributed by atoms with E-state index in [1.165, 1.54) is 18.0 Å². The van der Waals surface area contributed by atoms with Gasteiger partial charge in [0.05, 0.1) is 5.56 Å². The van der Waals surface area contributed by atoms with Gasteiger partial charge in [0.15, 0.2) is 0 Å². The lowest BCUT2D eigenvalue weighted by molar-refractivity contribution is 0.154. The minimum atomic E-state index is -0.997. The number of nitrogens with zero attached hydrogens (tertiary/aromatic N) is 1. The Morgan fingerprint density at radius 3 is 2.70 bits per heavy atom. The van der Waals surface area contributed by atoms with Crippen LogP contribution in [0.5, 0.6) is 0 Å². The number of fused-ring (bicyclic) bond motifs is 1. The van der Waals surface area contributed by atoms with Gasteiger partial charge in [-0.25, -0.2) is 9.18 Å². The SMILES string of the molecule is C#Cc1c(F)ccc2cc(CN(C)C(=O)O)ccc12.Cl. The van der Waals surface area contributed by atoms with Crippen molar-refractivity contribution in [1.82, 2.24) is 4.90 Å². The Morgan fingerprint density at radius 2 is 2.10 bits per heavy atom. The third kappa shape index (κ3) is 3.01. The molecule has 0 unspecified atom stereocenters. The van der Waals surface area contributed by atoms with Crippen LogP contribution in [-0.2, 0) is 6.54 Å². The van der Waals surface area contributed by atoms with Gasteiger partial charge in [0.2, 0.25) is 0 Å². The number of amides is 1. The molecule has 0 aliphatic carbocycles. The van der Waals surface area contributed by atoms with Crippen molar-refractivity contribution in [2.24, 2.45) is 0 Å². The van der Waals surface area contributed by atoms with Crippen LogP contribution in [-0.4, -0.2) is 23.1 Å². The summed E-state index contributed by atoms with van der Waals surface area (Å²) in [4.78, 5) is 11.9. The number of halogens is 2. The Morgan fingerprint density at radius 1 is 1.40 bits per heavy atom. The highest BCUT2D eigenvalue weighted by Gasteiger charge is 2.09. The van der Waals surface area contributed by atoms with Crippen molar-refractivity contribution in [2.75, 3.05) is 7.05 Å². The summed E-state index contributed by atoms with van der Waals surface area (Å²) >= 11 is 0. The standard InChI is InChI=1S/C15H12FNO2.ClH/c1-3-12-13-6-4-10(9-17(2)15(18)19)8-11(13)5-7-14(12)16;/h1,4-8H,9H2,2H3,(H,18,19);1H. The monoisotopic (exact) mass is 293 g/mol. The summed E-state index contributed by atoms with van der Waals surface area (Å²) < 4.78 is 13.5. The molecule has 5 heteroatoms. The van der Waals surface area contributed by atoms with Crippen molar-refractivity contribution in [3.8, 4) is 12.3 Å². The molecular formula is C15H13ClFNO2. The molecule has 0 saturated carbocycles. The summed E-state index contributed by atoms with van der Waals surface area (Å²) in [5, 5.41) is 10.3. The largest absolute Gasteiger partial charge is 0.465 e. The third-order valence-electron chi connectivity index (χ3n) is 2.92. The molecule has 0 saturated heterocycles. The van der Waals surface area contributed by atoms with Gasteiger partial charge in [0.25, 0.3) is 0 Å². The fraction of sp³-hybridized carbons (Fsp3) is 0.133. The summed E-state index contributed by atoms with van der Waals surface area (Å²) in [7, 11) is 1.49. The number of hydrogen-bond acceptors (Lipinski definition) is 1. The first kappa shape index (κ1) is 15.8. The molecule has 2 aromatic rings. The van der Waals surface area contributed by atoms with E-state index in [0.717, 1.165) is 10.9 Å². The number of rotatable bonds is 2. The zero-order chi connectivity index (χ0) is 14.0. The van der Waals surface area contributed by atoms with Gasteiger partial charge in [-0.3, -0.25) is 0 Å². The number of benzene rings is 2. The number of carbonyl (C=O) groups is 1. The molecule has 0 fully saturated rings. The zero-order valence-electron chi connectivity index (χ0n) is 10.8. The quantitative estimate of drug-likeness (QED) is 0.861. The maximum atomic E-state index is 13.5. The van der Waals surface area contributed by atoms with E-state index in [1.54, 1.807) is 18.2 Å². The molecule has 0 radical (unpaired) electrons. The van der Waals surface area contributed by atoms with E-state index in [9.17, 15) is 9.18 Å². The molecule has 0 atom stereocenters.